The number of aromatic nitrogens is 1. The van der Waals surface area contributed by atoms with Gasteiger partial charge in [0.1, 0.15) is 6.07 Å². The molecule has 234 valence electrons. The molecular formula is C45H29N5. The molecular weight excluding hydrogens is 611 g/mol. The van der Waals surface area contributed by atoms with Gasteiger partial charge in [-0.2, -0.15) is 15.8 Å². The molecule has 0 saturated carbocycles. The van der Waals surface area contributed by atoms with Crippen LogP contribution in [0.2, 0.25) is 0 Å². The highest BCUT2D eigenvalue weighted by Gasteiger charge is 2.39. The largest absolute Gasteiger partial charge is 0.332 e. The Balaban J connectivity index is 1.17. The highest BCUT2D eigenvalue weighted by atomic mass is 15.2. The van der Waals surface area contributed by atoms with E-state index in [1.165, 1.54) is 22.2 Å². The van der Waals surface area contributed by atoms with Gasteiger partial charge in [0.15, 0.2) is 0 Å². The maximum atomic E-state index is 10.6. The molecule has 0 bridgehead atoms. The number of benzene rings is 5. The SMILES string of the molecule is N#Cc1ccc2c(c1)C1C=CC=CC1N2c1c(C#N)cccc1-c1ccc(-c2cccc(-n3c4c(c5ccccc53)C=CCC4)c2)c(C#N)c1. The Labute approximate surface area is 290 Å². The van der Waals surface area contributed by atoms with Crippen LogP contribution in [0.3, 0.4) is 0 Å². The topological polar surface area (TPSA) is 79.5 Å². The van der Waals surface area contributed by atoms with Gasteiger partial charge in [-0.1, -0.05) is 91.1 Å². The van der Waals surface area contributed by atoms with Gasteiger partial charge in [0.05, 0.1) is 46.1 Å². The summed E-state index contributed by atoms with van der Waals surface area (Å²) in [5.74, 6) is 0.0475. The number of rotatable bonds is 4. The van der Waals surface area contributed by atoms with Crippen LogP contribution in [0, 0.1) is 34.0 Å². The fourth-order valence-electron chi connectivity index (χ4n) is 8.13. The molecule has 3 aliphatic rings. The van der Waals surface area contributed by atoms with E-state index in [0.717, 1.165) is 57.7 Å². The minimum atomic E-state index is -0.0550. The van der Waals surface area contributed by atoms with Gasteiger partial charge in [-0.25, -0.2) is 0 Å². The zero-order valence-corrected chi connectivity index (χ0v) is 27.1. The van der Waals surface area contributed by atoms with E-state index in [2.05, 4.69) is 107 Å². The Kier molecular flexibility index (Phi) is 6.84. The van der Waals surface area contributed by atoms with Gasteiger partial charge >= 0.3 is 0 Å². The number of allylic oxidation sites excluding steroid dienone is 3. The van der Waals surface area contributed by atoms with E-state index in [1.807, 2.05) is 60.7 Å². The molecule has 2 atom stereocenters. The summed E-state index contributed by atoms with van der Waals surface area (Å²) < 4.78 is 2.37. The van der Waals surface area contributed by atoms with E-state index in [0.29, 0.717) is 16.7 Å². The van der Waals surface area contributed by atoms with Gasteiger partial charge < -0.3 is 9.47 Å². The van der Waals surface area contributed by atoms with Crippen molar-refractivity contribution in [2.45, 2.75) is 24.8 Å². The third-order valence-corrected chi connectivity index (χ3v) is 10.3. The van der Waals surface area contributed by atoms with Crippen molar-refractivity contribution < 1.29 is 0 Å². The quantitative estimate of drug-likeness (QED) is 0.192. The fraction of sp³-hybridized carbons (Fsp3) is 0.0889. The molecule has 6 aromatic rings. The molecule has 0 fully saturated rings. The Morgan fingerprint density at radius 3 is 2.40 bits per heavy atom. The fourth-order valence-corrected chi connectivity index (χ4v) is 8.13. The molecule has 5 aromatic carbocycles. The van der Waals surface area contributed by atoms with Crippen LogP contribution in [-0.4, -0.2) is 10.6 Å². The number of hydrogen-bond donors (Lipinski definition) is 0. The average molecular weight is 640 g/mol. The molecule has 0 saturated heterocycles. The predicted molar refractivity (Wildman–Crippen MR) is 199 cm³/mol. The van der Waals surface area contributed by atoms with Gasteiger partial charge in [-0.15, -0.1) is 0 Å². The van der Waals surface area contributed by atoms with Crippen molar-refractivity contribution in [3.63, 3.8) is 0 Å². The Bertz CT molecular complexity index is 2610. The molecule has 0 radical (unpaired) electrons. The molecule has 2 unspecified atom stereocenters. The van der Waals surface area contributed by atoms with Crippen molar-refractivity contribution in [3.05, 3.63) is 167 Å². The number of nitrogens with zero attached hydrogens (tertiary/aromatic N) is 5. The van der Waals surface area contributed by atoms with E-state index in [-0.39, 0.29) is 12.0 Å². The van der Waals surface area contributed by atoms with E-state index < -0.39 is 0 Å². The lowest BCUT2D eigenvalue weighted by molar-refractivity contribution is 0.744. The van der Waals surface area contributed by atoms with Crippen molar-refractivity contribution in [2.24, 2.45) is 0 Å². The van der Waals surface area contributed by atoms with Gasteiger partial charge in [0.25, 0.3) is 0 Å². The molecule has 2 aliphatic carbocycles. The Hall–Kier alpha value is -6.87. The second-order valence-corrected chi connectivity index (χ2v) is 12.9. The molecule has 50 heavy (non-hydrogen) atoms. The first kappa shape index (κ1) is 29.3. The molecule has 9 rings (SSSR count). The van der Waals surface area contributed by atoms with Crippen molar-refractivity contribution in [1.82, 2.24) is 4.57 Å². The highest BCUT2D eigenvalue weighted by molar-refractivity contribution is 5.94. The van der Waals surface area contributed by atoms with Crippen LogP contribution in [-0.2, 0) is 6.42 Å². The summed E-state index contributed by atoms with van der Waals surface area (Å²) in [6.07, 6.45) is 14.9. The summed E-state index contributed by atoms with van der Waals surface area (Å²) in [4.78, 5) is 2.23. The lowest BCUT2D eigenvalue weighted by Crippen LogP contribution is -2.29. The van der Waals surface area contributed by atoms with Crippen LogP contribution >= 0.6 is 0 Å². The van der Waals surface area contributed by atoms with Crippen LogP contribution in [0.15, 0.2) is 134 Å². The minimum Gasteiger partial charge on any atom is -0.332 e. The second kappa shape index (κ2) is 11.7. The summed E-state index contributed by atoms with van der Waals surface area (Å²) in [5.41, 5.74) is 13.0. The molecule has 0 spiro atoms. The van der Waals surface area contributed by atoms with E-state index in [1.54, 1.807) is 0 Å². The van der Waals surface area contributed by atoms with Crippen molar-refractivity contribution in [2.75, 3.05) is 4.90 Å². The normalized spacial score (nSPS) is 16.7. The molecule has 0 N–H and O–H groups in total. The maximum Gasteiger partial charge on any atom is 0.101 e. The van der Waals surface area contributed by atoms with Crippen molar-refractivity contribution in [3.8, 4) is 46.1 Å². The summed E-state index contributed by atoms with van der Waals surface area (Å²) in [6.45, 7) is 0. The van der Waals surface area contributed by atoms with Gasteiger partial charge in [0, 0.05) is 39.5 Å². The van der Waals surface area contributed by atoms with E-state index in [9.17, 15) is 15.8 Å². The zero-order chi connectivity index (χ0) is 33.8. The van der Waals surface area contributed by atoms with Gasteiger partial charge in [0.2, 0.25) is 0 Å². The summed E-state index contributed by atoms with van der Waals surface area (Å²) in [6, 6.07) is 41.8. The van der Waals surface area contributed by atoms with E-state index >= 15 is 0 Å². The molecule has 5 heteroatoms. The molecule has 1 aromatic heterocycles. The Morgan fingerprint density at radius 2 is 1.52 bits per heavy atom. The lowest BCUT2D eigenvalue weighted by Gasteiger charge is -2.31. The second-order valence-electron chi connectivity index (χ2n) is 12.9. The van der Waals surface area contributed by atoms with Crippen molar-refractivity contribution >= 4 is 28.4 Å². The minimum absolute atomic E-state index is 0.0475. The lowest BCUT2D eigenvalue weighted by atomic mass is 9.90. The van der Waals surface area contributed by atoms with Crippen LogP contribution in [0.25, 0.3) is 44.9 Å². The number of para-hydroxylation sites is 2. The first-order valence-corrected chi connectivity index (χ1v) is 16.8. The molecule has 0 amide bonds. The number of nitriles is 3. The molecule has 5 nitrogen and oxygen atoms in total. The summed E-state index contributed by atoms with van der Waals surface area (Å²) in [7, 11) is 0. The molecule has 1 aliphatic heterocycles. The predicted octanol–water partition coefficient (Wildman–Crippen LogP) is 10.3. The third kappa shape index (κ3) is 4.44. The van der Waals surface area contributed by atoms with Gasteiger partial charge in [-0.05, 0) is 83.6 Å². The number of anilines is 2. The molecule has 2 heterocycles. The first-order valence-electron chi connectivity index (χ1n) is 16.8. The number of fused-ring (bicyclic) bond motifs is 6. The Morgan fingerprint density at radius 1 is 0.680 bits per heavy atom. The van der Waals surface area contributed by atoms with Gasteiger partial charge in [-0.3, -0.25) is 0 Å². The van der Waals surface area contributed by atoms with Crippen LogP contribution in [0.4, 0.5) is 11.4 Å². The first-order chi connectivity index (χ1) is 24.7. The van der Waals surface area contributed by atoms with Crippen LogP contribution in [0.5, 0.6) is 0 Å². The average Bonchev–Trinajstić information content (AvgIpc) is 3.69. The zero-order valence-electron chi connectivity index (χ0n) is 27.1. The number of hydrogen-bond acceptors (Lipinski definition) is 4. The third-order valence-electron chi connectivity index (χ3n) is 10.3. The summed E-state index contributed by atoms with van der Waals surface area (Å²) in [5, 5.41) is 31.9. The van der Waals surface area contributed by atoms with Crippen molar-refractivity contribution in [1.29, 1.82) is 15.8 Å². The smallest absolute Gasteiger partial charge is 0.101 e. The van der Waals surface area contributed by atoms with Crippen LogP contribution in [0.1, 0.15) is 45.8 Å². The standard InChI is InChI=1S/C45H29N5/c46-26-29-19-22-44-40(23-29)39-14-3-6-18-43(39)50(44)45-32(27-47)10-8-15-36(45)31-20-21-35(33(24-31)28-48)30-9-7-11-34(25-30)49-41-16-4-1-12-37(41)38-13-2-5-17-42(38)49/h1-4,6-16,18-25,39,43H,5,17H2. The summed E-state index contributed by atoms with van der Waals surface area (Å²) >= 11 is 0. The highest BCUT2D eigenvalue weighted by Crippen LogP contribution is 2.51. The maximum absolute atomic E-state index is 10.6. The van der Waals surface area contributed by atoms with Crippen LogP contribution < -0.4 is 4.90 Å². The monoisotopic (exact) mass is 639 g/mol. The van der Waals surface area contributed by atoms with E-state index in [4.69, 9.17) is 0 Å².